The number of aliphatic hydroxyl groups excluding tert-OH is 1. The van der Waals surface area contributed by atoms with E-state index in [4.69, 9.17) is 16.7 Å². The van der Waals surface area contributed by atoms with Gasteiger partial charge in [0, 0.05) is 5.88 Å². The molecule has 1 atom stereocenters. The van der Waals surface area contributed by atoms with E-state index in [0.717, 1.165) is 12.8 Å². The summed E-state index contributed by atoms with van der Waals surface area (Å²) in [5.74, 6) is 0.586. The van der Waals surface area contributed by atoms with Crippen LogP contribution in [0.15, 0.2) is 11.1 Å². The zero-order valence-corrected chi connectivity index (χ0v) is 6.28. The van der Waals surface area contributed by atoms with E-state index < -0.39 is 0 Å². The van der Waals surface area contributed by atoms with E-state index in [2.05, 4.69) is 0 Å². The van der Waals surface area contributed by atoms with Gasteiger partial charge in [-0.2, -0.15) is 0 Å². The normalized spacial score (nSPS) is 27.7. The first-order valence-corrected chi connectivity index (χ1v) is 3.69. The predicted molar refractivity (Wildman–Crippen MR) is 38.7 cm³/mol. The van der Waals surface area contributed by atoms with E-state index in [1.165, 1.54) is 11.1 Å². The minimum absolute atomic E-state index is 0.154. The summed E-state index contributed by atoms with van der Waals surface area (Å²) in [4.78, 5) is 0. The van der Waals surface area contributed by atoms with Crippen molar-refractivity contribution in [3.63, 3.8) is 0 Å². The molecule has 9 heavy (non-hydrogen) atoms. The number of halogens is 1. The molecule has 2 heteroatoms. The molecule has 0 aromatic rings. The largest absolute Gasteiger partial charge is 0.392 e. The van der Waals surface area contributed by atoms with Crippen LogP contribution in [0.2, 0.25) is 0 Å². The summed E-state index contributed by atoms with van der Waals surface area (Å²) in [6, 6.07) is 0. The number of hydrogen-bond acceptors (Lipinski definition) is 1. The Kier molecular flexibility index (Phi) is 2.14. The van der Waals surface area contributed by atoms with Gasteiger partial charge in [-0.1, -0.05) is 11.1 Å². The van der Waals surface area contributed by atoms with Crippen LogP contribution in [-0.4, -0.2) is 17.1 Å². The Morgan fingerprint density at radius 1 is 1.67 bits per heavy atom. The molecule has 0 aliphatic heterocycles. The van der Waals surface area contributed by atoms with Gasteiger partial charge in [-0.15, -0.1) is 11.6 Å². The van der Waals surface area contributed by atoms with E-state index in [0.29, 0.717) is 5.88 Å². The highest BCUT2D eigenvalue weighted by atomic mass is 35.5. The van der Waals surface area contributed by atoms with Gasteiger partial charge in [0.15, 0.2) is 0 Å². The predicted octanol–water partition coefficient (Wildman–Crippen LogP) is 1.70. The van der Waals surface area contributed by atoms with E-state index >= 15 is 0 Å². The van der Waals surface area contributed by atoms with Gasteiger partial charge in [-0.3, -0.25) is 0 Å². The first-order valence-electron chi connectivity index (χ1n) is 3.15. The Morgan fingerprint density at radius 3 is 2.56 bits per heavy atom. The number of hydrogen-bond donors (Lipinski definition) is 1. The van der Waals surface area contributed by atoms with Crippen LogP contribution in [0.1, 0.15) is 19.8 Å². The molecule has 1 aliphatic carbocycles. The van der Waals surface area contributed by atoms with Gasteiger partial charge < -0.3 is 5.11 Å². The standard InChI is InChI=1S/C7H11ClO/c1-5-2-7(9)3-6(5)4-8/h7,9H,2-4H2,1H3. The molecule has 0 fully saturated rings. The van der Waals surface area contributed by atoms with Gasteiger partial charge in [0.25, 0.3) is 0 Å². The lowest BCUT2D eigenvalue weighted by atomic mass is 10.2. The summed E-state index contributed by atoms with van der Waals surface area (Å²) in [6.07, 6.45) is 1.45. The Labute approximate surface area is 60.3 Å². The van der Waals surface area contributed by atoms with Crippen LogP contribution < -0.4 is 0 Å². The van der Waals surface area contributed by atoms with Crippen molar-refractivity contribution in [1.29, 1.82) is 0 Å². The third kappa shape index (κ3) is 1.46. The molecule has 0 heterocycles. The van der Waals surface area contributed by atoms with E-state index in [1.54, 1.807) is 0 Å². The molecule has 1 aliphatic rings. The third-order valence-electron chi connectivity index (χ3n) is 1.79. The van der Waals surface area contributed by atoms with Gasteiger partial charge in [0.2, 0.25) is 0 Å². The monoisotopic (exact) mass is 146 g/mol. The van der Waals surface area contributed by atoms with Crippen LogP contribution in [0.3, 0.4) is 0 Å². The molecule has 0 radical (unpaired) electrons. The summed E-state index contributed by atoms with van der Waals surface area (Å²) < 4.78 is 0. The Balaban J connectivity index is 2.58. The maximum absolute atomic E-state index is 9.10. The minimum Gasteiger partial charge on any atom is -0.392 e. The second kappa shape index (κ2) is 2.72. The number of rotatable bonds is 1. The van der Waals surface area contributed by atoms with Crippen molar-refractivity contribution in [2.75, 3.05) is 5.88 Å². The van der Waals surface area contributed by atoms with E-state index in [-0.39, 0.29) is 6.10 Å². The molecule has 0 aromatic carbocycles. The Morgan fingerprint density at radius 2 is 2.33 bits per heavy atom. The molecule has 1 unspecified atom stereocenters. The van der Waals surface area contributed by atoms with Gasteiger partial charge in [0.1, 0.15) is 0 Å². The third-order valence-corrected chi connectivity index (χ3v) is 2.11. The topological polar surface area (TPSA) is 20.2 Å². The van der Waals surface area contributed by atoms with Gasteiger partial charge >= 0.3 is 0 Å². The fourth-order valence-electron chi connectivity index (χ4n) is 1.20. The van der Waals surface area contributed by atoms with Crippen LogP contribution >= 0.6 is 11.6 Å². The molecule has 0 saturated heterocycles. The van der Waals surface area contributed by atoms with Crippen LogP contribution in [0.25, 0.3) is 0 Å². The lowest BCUT2D eigenvalue weighted by Crippen LogP contribution is -1.98. The van der Waals surface area contributed by atoms with Crippen LogP contribution in [0, 0.1) is 0 Å². The summed E-state index contributed by atoms with van der Waals surface area (Å²) in [5, 5.41) is 9.10. The summed E-state index contributed by atoms with van der Waals surface area (Å²) >= 11 is 5.60. The van der Waals surface area contributed by atoms with Crippen molar-refractivity contribution in [2.45, 2.75) is 25.9 Å². The molecule has 0 amide bonds. The number of alkyl halides is 1. The zero-order valence-electron chi connectivity index (χ0n) is 5.52. The lowest BCUT2D eigenvalue weighted by molar-refractivity contribution is 0.186. The van der Waals surface area contributed by atoms with Gasteiger partial charge in [-0.05, 0) is 19.8 Å². The molecule has 1 N–H and O–H groups in total. The lowest BCUT2D eigenvalue weighted by Gasteiger charge is -1.96. The molecule has 0 saturated carbocycles. The van der Waals surface area contributed by atoms with Crippen molar-refractivity contribution in [2.24, 2.45) is 0 Å². The second-order valence-electron chi connectivity index (χ2n) is 2.58. The fourth-order valence-corrected chi connectivity index (χ4v) is 1.53. The molecule has 0 spiro atoms. The second-order valence-corrected chi connectivity index (χ2v) is 2.85. The first kappa shape index (κ1) is 7.10. The Hall–Kier alpha value is -0.0100. The average molecular weight is 147 g/mol. The Bertz CT molecular complexity index is 140. The summed E-state index contributed by atoms with van der Waals surface area (Å²) in [5.41, 5.74) is 2.50. The van der Waals surface area contributed by atoms with Gasteiger partial charge in [0.05, 0.1) is 6.10 Å². The van der Waals surface area contributed by atoms with Crippen molar-refractivity contribution in [3.8, 4) is 0 Å². The molecule has 1 nitrogen and oxygen atoms in total. The number of aliphatic hydroxyl groups is 1. The van der Waals surface area contributed by atoms with Gasteiger partial charge in [-0.25, -0.2) is 0 Å². The summed E-state index contributed by atoms with van der Waals surface area (Å²) in [6.45, 7) is 2.04. The smallest absolute Gasteiger partial charge is 0.0614 e. The molecular weight excluding hydrogens is 136 g/mol. The quantitative estimate of drug-likeness (QED) is 0.441. The maximum atomic E-state index is 9.10. The van der Waals surface area contributed by atoms with Crippen LogP contribution in [0.5, 0.6) is 0 Å². The molecule has 0 aromatic heterocycles. The highest BCUT2D eigenvalue weighted by Gasteiger charge is 2.17. The average Bonchev–Trinajstić information content (AvgIpc) is 2.10. The molecule has 0 bridgehead atoms. The maximum Gasteiger partial charge on any atom is 0.0614 e. The SMILES string of the molecule is CC1=C(CCl)CC(O)C1. The van der Waals surface area contributed by atoms with Crippen molar-refractivity contribution < 1.29 is 5.11 Å². The first-order chi connectivity index (χ1) is 4.24. The molecular formula is C7H11ClO. The molecule has 52 valence electrons. The minimum atomic E-state index is -0.154. The van der Waals surface area contributed by atoms with Crippen LogP contribution in [-0.2, 0) is 0 Å². The molecule has 1 rings (SSSR count). The van der Waals surface area contributed by atoms with Crippen molar-refractivity contribution in [1.82, 2.24) is 0 Å². The highest BCUT2D eigenvalue weighted by Crippen LogP contribution is 2.26. The van der Waals surface area contributed by atoms with Crippen molar-refractivity contribution in [3.05, 3.63) is 11.1 Å². The van der Waals surface area contributed by atoms with E-state index in [9.17, 15) is 0 Å². The summed E-state index contributed by atoms with van der Waals surface area (Å²) in [7, 11) is 0. The van der Waals surface area contributed by atoms with Crippen LogP contribution in [0.4, 0.5) is 0 Å². The zero-order chi connectivity index (χ0) is 6.85. The fraction of sp³-hybridized carbons (Fsp3) is 0.714. The van der Waals surface area contributed by atoms with E-state index in [1.807, 2.05) is 6.92 Å². The highest BCUT2D eigenvalue weighted by molar-refractivity contribution is 6.19. The van der Waals surface area contributed by atoms with Crippen molar-refractivity contribution >= 4 is 11.6 Å².